The van der Waals surface area contributed by atoms with Crippen molar-refractivity contribution in [2.75, 3.05) is 11.9 Å². The normalized spacial score (nSPS) is 11.8. The maximum Gasteiger partial charge on any atom is 0.164 e. The second-order valence-corrected chi connectivity index (χ2v) is 4.38. The van der Waals surface area contributed by atoms with Crippen LogP contribution in [-0.2, 0) is 5.60 Å². The average molecular weight is 232 g/mol. The van der Waals surface area contributed by atoms with Crippen molar-refractivity contribution < 1.29 is 5.11 Å². The Morgan fingerprint density at radius 2 is 2.06 bits per heavy atom. The first-order valence-corrected chi connectivity index (χ1v) is 5.61. The Morgan fingerprint density at radius 3 is 2.71 bits per heavy atom. The highest BCUT2D eigenvalue weighted by molar-refractivity contribution is 5.86. The Balaban J connectivity index is 2.57. The van der Waals surface area contributed by atoms with Gasteiger partial charge in [0.05, 0.1) is 11.1 Å². The molecule has 2 N–H and O–H groups in total. The fourth-order valence-electron chi connectivity index (χ4n) is 1.59. The van der Waals surface area contributed by atoms with E-state index >= 15 is 0 Å². The zero-order chi connectivity index (χ0) is 12.5. The maximum atomic E-state index is 9.90. The molecule has 0 fully saturated rings. The van der Waals surface area contributed by atoms with Gasteiger partial charge in [0.15, 0.2) is 5.65 Å². The van der Waals surface area contributed by atoms with Crippen molar-refractivity contribution in [2.24, 2.45) is 0 Å². The van der Waals surface area contributed by atoms with Gasteiger partial charge < -0.3 is 10.4 Å². The van der Waals surface area contributed by atoms with Crippen LogP contribution in [0.2, 0.25) is 0 Å². The van der Waals surface area contributed by atoms with Gasteiger partial charge in [-0.25, -0.2) is 15.0 Å². The minimum absolute atomic E-state index is 0.593. The molecule has 0 saturated carbocycles. The van der Waals surface area contributed by atoms with Crippen LogP contribution in [0.1, 0.15) is 26.5 Å². The second-order valence-electron chi connectivity index (χ2n) is 4.38. The Kier molecular flexibility index (Phi) is 2.93. The van der Waals surface area contributed by atoms with Crippen LogP contribution in [0.25, 0.3) is 11.0 Å². The number of pyridine rings is 1. The summed E-state index contributed by atoms with van der Waals surface area (Å²) in [6, 6.07) is 3.68. The summed E-state index contributed by atoms with van der Waals surface area (Å²) in [6.07, 6.45) is 1.47. The molecule has 0 saturated heterocycles. The highest BCUT2D eigenvalue weighted by Crippen LogP contribution is 2.22. The van der Waals surface area contributed by atoms with E-state index in [1.807, 2.05) is 13.0 Å². The monoisotopic (exact) mass is 232 g/mol. The molecule has 2 heterocycles. The molecular formula is C12H16N4O. The number of nitrogens with one attached hydrogen (secondary N) is 1. The number of aliphatic hydroxyl groups is 1. The Labute approximate surface area is 99.9 Å². The summed E-state index contributed by atoms with van der Waals surface area (Å²) >= 11 is 0. The maximum absolute atomic E-state index is 9.90. The van der Waals surface area contributed by atoms with Crippen molar-refractivity contribution in [1.82, 2.24) is 15.0 Å². The molecular weight excluding hydrogens is 216 g/mol. The van der Waals surface area contributed by atoms with Crippen LogP contribution >= 0.6 is 0 Å². The van der Waals surface area contributed by atoms with Crippen LogP contribution < -0.4 is 5.32 Å². The Bertz CT molecular complexity index is 534. The highest BCUT2D eigenvalue weighted by Gasteiger charge is 2.18. The average Bonchev–Trinajstić information content (AvgIpc) is 2.28. The lowest BCUT2D eigenvalue weighted by Crippen LogP contribution is -2.17. The molecule has 90 valence electrons. The summed E-state index contributed by atoms with van der Waals surface area (Å²) in [5, 5.41) is 13.9. The van der Waals surface area contributed by atoms with E-state index in [-0.39, 0.29) is 0 Å². The van der Waals surface area contributed by atoms with Crippen molar-refractivity contribution in [1.29, 1.82) is 0 Å². The van der Waals surface area contributed by atoms with Crippen LogP contribution in [0.4, 0.5) is 5.82 Å². The molecule has 5 nitrogen and oxygen atoms in total. The van der Waals surface area contributed by atoms with Gasteiger partial charge in [-0.3, -0.25) is 0 Å². The third-order valence-electron chi connectivity index (χ3n) is 2.47. The lowest BCUT2D eigenvalue weighted by atomic mass is 10.0. The lowest BCUT2D eigenvalue weighted by Gasteiger charge is -2.16. The second kappa shape index (κ2) is 4.25. The van der Waals surface area contributed by atoms with Gasteiger partial charge >= 0.3 is 0 Å². The molecule has 0 unspecified atom stereocenters. The van der Waals surface area contributed by atoms with E-state index in [1.54, 1.807) is 19.9 Å². The van der Waals surface area contributed by atoms with Gasteiger partial charge in [-0.15, -0.1) is 0 Å². The molecule has 0 spiro atoms. The molecule has 0 atom stereocenters. The van der Waals surface area contributed by atoms with E-state index in [2.05, 4.69) is 20.3 Å². The number of rotatable bonds is 3. The van der Waals surface area contributed by atoms with E-state index in [9.17, 15) is 5.11 Å². The number of nitrogens with zero attached hydrogens (tertiary/aromatic N) is 3. The predicted molar refractivity (Wildman–Crippen MR) is 66.7 cm³/mol. The lowest BCUT2D eigenvalue weighted by molar-refractivity contribution is 0.0742. The zero-order valence-corrected chi connectivity index (χ0v) is 10.2. The fourth-order valence-corrected chi connectivity index (χ4v) is 1.59. The summed E-state index contributed by atoms with van der Waals surface area (Å²) in [4.78, 5) is 12.6. The van der Waals surface area contributed by atoms with Crippen molar-refractivity contribution in [2.45, 2.75) is 26.4 Å². The quantitative estimate of drug-likeness (QED) is 0.842. The number of fused-ring (bicyclic) bond motifs is 1. The van der Waals surface area contributed by atoms with E-state index < -0.39 is 5.60 Å². The van der Waals surface area contributed by atoms with Gasteiger partial charge in [0.2, 0.25) is 0 Å². The minimum Gasteiger partial charge on any atom is -0.384 e. The smallest absolute Gasteiger partial charge is 0.164 e. The summed E-state index contributed by atoms with van der Waals surface area (Å²) < 4.78 is 0. The Morgan fingerprint density at radius 1 is 1.29 bits per heavy atom. The predicted octanol–water partition coefficient (Wildman–Crippen LogP) is 1.68. The molecule has 0 aliphatic carbocycles. The summed E-state index contributed by atoms with van der Waals surface area (Å²) in [7, 11) is 0. The summed E-state index contributed by atoms with van der Waals surface area (Å²) in [5.41, 5.74) is 0.235. The number of aromatic nitrogens is 3. The van der Waals surface area contributed by atoms with Crippen molar-refractivity contribution in [3.63, 3.8) is 0 Å². The number of hydrogen-bond donors (Lipinski definition) is 2. The van der Waals surface area contributed by atoms with Gasteiger partial charge in [-0.1, -0.05) is 0 Å². The molecule has 0 aromatic carbocycles. The summed E-state index contributed by atoms with van der Waals surface area (Å²) in [6.45, 7) is 6.20. The zero-order valence-electron chi connectivity index (χ0n) is 10.2. The molecule has 2 rings (SSSR count). The Hall–Kier alpha value is -1.75. The molecule has 2 aromatic rings. The minimum atomic E-state index is -0.961. The van der Waals surface area contributed by atoms with Gasteiger partial charge in [-0.2, -0.15) is 0 Å². The van der Waals surface area contributed by atoms with E-state index in [0.717, 1.165) is 17.7 Å². The van der Waals surface area contributed by atoms with Gasteiger partial charge in [0, 0.05) is 6.54 Å². The molecule has 0 radical (unpaired) electrons. The van der Waals surface area contributed by atoms with Crippen LogP contribution in [-0.4, -0.2) is 26.6 Å². The molecule has 5 heteroatoms. The molecule has 0 aliphatic heterocycles. The number of hydrogen-bond acceptors (Lipinski definition) is 5. The first kappa shape index (κ1) is 11.7. The van der Waals surface area contributed by atoms with E-state index in [0.29, 0.717) is 11.3 Å². The van der Waals surface area contributed by atoms with Crippen molar-refractivity contribution in [3.8, 4) is 0 Å². The van der Waals surface area contributed by atoms with Gasteiger partial charge in [0.25, 0.3) is 0 Å². The standard InChI is InChI=1S/C12H16N4O/c1-4-13-10-8-5-6-9(12(2,3)17)16-11(8)15-7-14-10/h5-7,17H,4H2,1-3H3,(H,13,14,15,16). The third kappa shape index (κ3) is 2.34. The van der Waals surface area contributed by atoms with Gasteiger partial charge in [0.1, 0.15) is 17.7 Å². The van der Waals surface area contributed by atoms with E-state index in [4.69, 9.17) is 0 Å². The van der Waals surface area contributed by atoms with Crippen molar-refractivity contribution in [3.05, 3.63) is 24.2 Å². The third-order valence-corrected chi connectivity index (χ3v) is 2.47. The molecule has 0 bridgehead atoms. The van der Waals surface area contributed by atoms with Crippen LogP contribution in [0.5, 0.6) is 0 Å². The first-order valence-electron chi connectivity index (χ1n) is 5.61. The molecule has 17 heavy (non-hydrogen) atoms. The van der Waals surface area contributed by atoms with Crippen LogP contribution in [0.3, 0.4) is 0 Å². The number of anilines is 1. The fraction of sp³-hybridized carbons (Fsp3) is 0.417. The van der Waals surface area contributed by atoms with E-state index in [1.165, 1.54) is 6.33 Å². The largest absolute Gasteiger partial charge is 0.384 e. The van der Waals surface area contributed by atoms with Crippen LogP contribution in [0.15, 0.2) is 18.5 Å². The molecule has 0 amide bonds. The van der Waals surface area contributed by atoms with Crippen molar-refractivity contribution >= 4 is 16.9 Å². The topological polar surface area (TPSA) is 70.9 Å². The summed E-state index contributed by atoms with van der Waals surface area (Å²) in [5.74, 6) is 0.771. The van der Waals surface area contributed by atoms with Crippen LogP contribution in [0, 0.1) is 0 Å². The highest BCUT2D eigenvalue weighted by atomic mass is 16.3. The SMILES string of the molecule is CCNc1ncnc2nc(C(C)(C)O)ccc12. The molecule has 2 aromatic heterocycles. The molecule has 0 aliphatic rings. The first-order chi connectivity index (χ1) is 8.02. The van der Waals surface area contributed by atoms with Gasteiger partial charge in [-0.05, 0) is 32.9 Å².